The Morgan fingerprint density at radius 2 is 0.912 bits per heavy atom. The van der Waals surface area contributed by atoms with Gasteiger partial charge in [-0.15, -0.1) is 0 Å². The second-order valence-electron chi connectivity index (χ2n) is 9.08. The SMILES string of the molecule is CCCc1ccc(-c2cc(-c3cccc(-c4c[nH]c(-c5ccc(CCC)cc5)c4)c3)c[nH]2)cc1. The normalized spacial score (nSPS) is 11.1. The minimum atomic E-state index is 1.13. The van der Waals surface area contributed by atoms with Crippen LogP contribution in [0.3, 0.4) is 0 Å². The number of aryl methyl sites for hydroxylation is 2. The molecule has 0 aliphatic heterocycles. The minimum Gasteiger partial charge on any atom is -0.361 e. The van der Waals surface area contributed by atoms with E-state index in [4.69, 9.17) is 0 Å². The zero-order valence-corrected chi connectivity index (χ0v) is 20.1. The number of rotatable bonds is 8. The molecule has 0 aliphatic rings. The molecule has 2 aromatic heterocycles. The first-order valence-electron chi connectivity index (χ1n) is 12.4. The van der Waals surface area contributed by atoms with Crippen LogP contribution in [-0.2, 0) is 12.8 Å². The molecule has 34 heavy (non-hydrogen) atoms. The van der Waals surface area contributed by atoms with Crippen LogP contribution in [0.15, 0.2) is 97.3 Å². The summed E-state index contributed by atoms with van der Waals surface area (Å²) in [4.78, 5) is 6.93. The molecule has 0 bridgehead atoms. The van der Waals surface area contributed by atoms with E-state index in [0.717, 1.165) is 24.2 Å². The van der Waals surface area contributed by atoms with Gasteiger partial charge in [0.2, 0.25) is 0 Å². The quantitative estimate of drug-likeness (QED) is 0.239. The van der Waals surface area contributed by atoms with Gasteiger partial charge >= 0.3 is 0 Å². The van der Waals surface area contributed by atoms with Crippen LogP contribution >= 0.6 is 0 Å². The minimum absolute atomic E-state index is 1.13. The molecule has 0 saturated carbocycles. The second-order valence-corrected chi connectivity index (χ2v) is 9.08. The van der Waals surface area contributed by atoms with E-state index in [9.17, 15) is 0 Å². The number of hydrogen-bond acceptors (Lipinski definition) is 0. The molecule has 0 atom stereocenters. The lowest BCUT2D eigenvalue weighted by molar-refractivity contribution is 0.922. The molecule has 2 nitrogen and oxygen atoms in total. The number of benzene rings is 3. The van der Waals surface area contributed by atoms with E-state index in [1.165, 1.54) is 57.3 Å². The zero-order valence-electron chi connectivity index (χ0n) is 20.1. The van der Waals surface area contributed by atoms with E-state index < -0.39 is 0 Å². The number of hydrogen-bond donors (Lipinski definition) is 2. The van der Waals surface area contributed by atoms with E-state index in [2.05, 4.69) is 121 Å². The summed E-state index contributed by atoms with van der Waals surface area (Å²) in [6, 6.07) is 31.1. The lowest BCUT2D eigenvalue weighted by atomic mass is 10.0. The van der Waals surface area contributed by atoms with Gasteiger partial charge in [-0.05, 0) is 75.5 Å². The average Bonchev–Trinajstić information content (AvgIpc) is 3.57. The van der Waals surface area contributed by atoms with Crippen molar-refractivity contribution in [1.29, 1.82) is 0 Å². The molecule has 170 valence electrons. The molecule has 2 N–H and O–H groups in total. The molecule has 2 heteroatoms. The Kier molecular flexibility index (Phi) is 6.49. The van der Waals surface area contributed by atoms with Gasteiger partial charge in [-0.3, -0.25) is 0 Å². The van der Waals surface area contributed by atoms with Crippen LogP contribution in [0.5, 0.6) is 0 Å². The van der Waals surface area contributed by atoms with Gasteiger partial charge in [-0.25, -0.2) is 0 Å². The van der Waals surface area contributed by atoms with Gasteiger partial charge in [-0.2, -0.15) is 0 Å². The maximum Gasteiger partial charge on any atom is 0.0460 e. The molecule has 0 fully saturated rings. The fourth-order valence-corrected chi connectivity index (χ4v) is 4.61. The van der Waals surface area contributed by atoms with Gasteiger partial charge in [0, 0.05) is 23.8 Å². The topological polar surface area (TPSA) is 31.6 Å². The highest BCUT2D eigenvalue weighted by atomic mass is 14.7. The highest BCUT2D eigenvalue weighted by molar-refractivity contribution is 5.78. The average molecular weight is 445 g/mol. The van der Waals surface area contributed by atoms with Gasteiger partial charge in [0.15, 0.2) is 0 Å². The largest absolute Gasteiger partial charge is 0.361 e. The van der Waals surface area contributed by atoms with Gasteiger partial charge < -0.3 is 9.97 Å². The number of nitrogens with one attached hydrogen (secondary N) is 2. The molecular formula is C32H32N2. The predicted molar refractivity (Wildman–Crippen MR) is 145 cm³/mol. The maximum absolute atomic E-state index is 3.46. The molecule has 3 aromatic carbocycles. The van der Waals surface area contributed by atoms with Crippen molar-refractivity contribution < 1.29 is 0 Å². The monoisotopic (exact) mass is 444 g/mol. The molecule has 0 aliphatic carbocycles. The maximum atomic E-state index is 3.46. The van der Waals surface area contributed by atoms with Crippen molar-refractivity contribution in [2.24, 2.45) is 0 Å². The molecule has 0 unspecified atom stereocenters. The van der Waals surface area contributed by atoms with Crippen LogP contribution in [0.1, 0.15) is 37.8 Å². The summed E-state index contributed by atoms with van der Waals surface area (Å²) in [6.07, 6.45) is 8.83. The molecule has 5 aromatic rings. The molecule has 0 saturated heterocycles. The van der Waals surface area contributed by atoms with Crippen molar-refractivity contribution in [2.75, 3.05) is 0 Å². The third kappa shape index (κ3) is 4.77. The first-order chi connectivity index (χ1) is 16.7. The summed E-state index contributed by atoms with van der Waals surface area (Å²) in [6.45, 7) is 4.44. The fraction of sp³-hybridized carbons (Fsp3) is 0.188. The first kappa shape index (κ1) is 22.0. The summed E-state index contributed by atoms with van der Waals surface area (Å²) < 4.78 is 0. The number of aromatic amines is 2. The summed E-state index contributed by atoms with van der Waals surface area (Å²) in [5, 5.41) is 0. The Bertz CT molecular complexity index is 1250. The van der Waals surface area contributed by atoms with E-state index in [0.29, 0.717) is 0 Å². The Morgan fingerprint density at radius 3 is 1.32 bits per heavy atom. The summed E-state index contributed by atoms with van der Waals surface area (Å²) >= 11 is 0. The van der Waals surface area contributed by atoms with Crippen molar-refractivity contribution in [3.8, 4) is 44.8 Å². The molecule has 2 heterocycles. The van der Waals surface area contributed by atoms with Crippen LogP contribution in [0.25, 0.3) is 44.8 Å². The van der Waals surface area contributed by atoms with E-state index >= 15 is 0 Å². The third-order valence-electron chi connectivity index (χ3n) is 6.50. The van der Waals surface area contributed by atoms with Gasteiger partial charge in [0.1, 0.15) is 0 Å². The van der Waals surface area contributed by atoms with Crippen molar-refractivity contribution in [3.05, 3.63) is 108 Å². The summed E-state index contributed by atoms with van der Waals surface area (Å²) in [7, 11) is 0. The van der Waals surface area contributed by atoms with Gasteiger partial charge in [-0.1, -0.05) is 93.4 Å². The molecule has 5 rings (SSSR count). The van der Waals surface area contributed by atoms with Gasteiger partial charge in [0.05, 0.1) is 0 Å². The molecule has 0 radical (unpaired) electrons. The van der Waals surface area contributed by atoms with E-state index in [1.807, 2.05) is 0 Å². The summed E-state index contributed by atoms with van der Waals surface area (Å²) in [5.41, 5.74) is 12.4. The standard InChI is InChI=1S/C32H32N2/c1-3-6-23-10-14-25(15-11-23)31-19-29(21-33-31)27-8-5-9-28(18-27)30-20-32(34-22-30)26-16-12-24(7-4-2)13-17-26/h5,8-22,33-34H,3-4,6-7H2,1-2H3. The zero-order chi connectivity index (χ0) is 23.3. The lowest BCUT2D eigenvalue weighted by Gasteiger charge is -2.03. The Labute approximate surface area is 202 Å². The summed E-state index contributed by atoms with van der Waals surface area (Å²) in [5.74, 6) is 0. The van der Waals surface area contributed by atoms with E-state index in [-0.39, 0.29) is 0 Å². The predicted octanol–water partition coefficient (Wildman–Crippen LogP) is 8.92. The molecular weight excluding hydrogens is 412 g/mol. The van der Waals surface area contributed by atoms with Crippen LogP contribution < -0.4 is 0 Å². The van der Waals surface area contributed by atoms with Crippen molar-refractivity contribution in [3.63, 3.8) is 0 Å². The smallest absolute Gasteiger partial charge is 0.0460 e. The Hall–Kier alpha value is -3.78. The fourth-order valence-electron chi connectivity index (χ4n) is 4.61. The van der Waals surface area contributed by atoms with Crippen LogP contribution in [-0.4, -0.2) is 9.97 Å². The van der Waals surface area contributed by atoms with Crippen molar-refractivity contribution >= 4 is 0 Å². The van der Waals surface area contributed by atoms with Crippen LogP contribution in [0, 0.1) is 0 Å². The first-order valence-corrected chi connectivity index (χ1v) is 12.4. The third-order valence-corrected chi connectivity index (χ3v) is 6.50. The molecule has 0 amide bonds. The van der Waals surface area contributed by atoms with Crippen molar-refractivity contribution in [1.82, 2.24) is 9.97 Å². The lowest BCUT2D eigenvalue weighted by Crippen LogP contribution is -1.83. The Balaban J connectivity index is 1.36. The van der Waals surface area contributed by atoms with Crippen molar-refractivity contribution in [2.45, 2.75) is 39.5 Å². The Morgan fingerprint density at radius 1 is 0.471 bits per heavy atom. The molecule has 0 spiro atoms. The van der Waals surface area contributed by atoms with Crippen LogP contribution in [0.4, 0.5) is 0 Å². The number of H-pyrrole nitrogens is 2. The second kappa shape index (κ2) is 10.0. The van der Waals surface area contributed by atoms with Crippen LogP contribution in [0.2, 0.25) is 0 Å². The highest BCUT2D eigenvalue weighted by Gasteiger charge is 2.08. The van der Waals surface area contributed by atoms with Gasteiger partial charge in [0.25, 0.3) is 0 Å². The number of aromatic nitrogens is 2. The van der Waals surface area contributed by atoms with E-state index in [1.54, 1.807) is 0 Å². The highest BCUT2D eigenvalue weighted by Crippen LogP contribution is 2.31.